The highest BCUT2D eigenvalue weighted by atomic mass is 32.1. The normalized spacial score (nSPS) is 10.1. The Labute approximate surface area is 102 Å². The molecule has 0 fully saturated rings. The molecule has 2 aromatic rings. The van der Waals surface area contributed by atoms with E-state index in [1.54, 1.807) is 23.7 Å². The van der Waals surface area contributed by atoms with Crippen LogP contribution in [0.15, 0.2) is 29.1 Å². The predicted octanol–water partition coefficient (Wildman–Crippen LogP) is 1.44. The molecule has 1 aromatic heterocycles. The van der Waals surface area contributed by atoms with Crippen LogP contribution in [0.1, 0.15) is 16.1 Å². The molecule has 0 aliphatic heterocycles. The zero-order valence-electron chi connectivity index (χ0n) is 9.01. The Bertz CT molecular complexity index is 524. The maximum absolute atomic E-state index is 11.1. The standard InChI is InChI=1S/C11H12N4OS/c12-10-2-1-7(3-9(10)11(13)16)14-4-8-5-17-6-15-8/h1-3,5-6,14H,4,12H2,(H2,13,16). The molecule has 17 heavy (non-hydrogen) atoms. The molecule has 0 radical (unpaired) electrons. The van der Waals surface area contributed by atoms with E-state index in [0.717, 1.165) is 11.4 Å². The van der Waals surface area contributed by atoms with Crippen LogP contribution in [0.4, 0.5) is 11.4 Å². The Kier molecular flexibility index (Phi) is 3.24. The van der Waals surface area contributed by atoms with Gasteiger partial charge in [0.1, 0.15) is 0 Å². The van der Waals surface area contributed by atoms with Gasteiger partial charge in [0.05, 0.1) is 23.3 Å². The van der Waals surface area contributed by atoms with Gasteiger partial charge in [-0.2, -0.15) is 0 Å². The van der Waals surface area contributed by atoms with Crippen molar-refractivity contribution in [2.45, 2.75) is 6.54 Å². The Morgan fingerprint density at radius 3 is 2.94 bits per heavy atom. The van der Waals surface area contributed by atoms with E-state index in [-0.39, 0.29) is 0 Å². The van der Waals surface area contributed by atoms with Gasteiger partial charge in [-0.15, -0.1) is 11.3 Å². The van der Waals surface area contributed by atoms with Crippen molar-refractivity contribution >= 4 is 28.6 Å². The van der Waals surface area contributed by atoms with Crippen LogP contribution >= 0.6 is 11.3 Å². The van der Waals surface area contributed by atoms with Crippen LogP contribution in [-0.4, -0.2) is 10.9 Å². The van der Waals surface area contributed by atoms with Crippen molar-refractivity contribution in [2.75, 3.05) is 11.1 Å². The van der Waals surface area contributed by atoms with E-state index in [0.29, 0.717) is 17.8 Å². The van der Waals surface area contributed by atoms with Gasteiger partial charge in [-0.3, -0.25) is 4.79 Å². The molecule has 6 heteroatoms. The van der Waals surface area contributed by atoms with E-state index < -0.39 is 5.91 Å². The van der Waals surface area contributed by atoms with Crippen molar-refractivity contribution in [1.82, 2.24) is 4.98 Å². The van der Waals surface area contributed by atoms with Crippen LogP contribution in [0.2, 0.25) is 0 Å². The van der Waals surface area contributed by atoms with Gasteiger partial charge in [0.15, 0.2) is 0 Å². The second-order valence-electron chi connectivity index (χ2n) is 3.50. The summed E-state index contributed by atoms with van der Waals surface area (Å²) >= 11 is 1.54. The molecule has 0 saturated carbocycles. The van der Waals surface area contributed by atoms with Crippen LogP contribution in [0.25, 0.3) is 0 Å². The first-order valence-corrected chi connectivity index (χ1v) is 5.91. The van der Waals surface area contributed by atoms with Crippen molar-refractivity contribution in [3.63, 3.8) is 0 Å². The molecule has 2 rings (SSSR count). The first-order valence-electron chi connectivity index (χ1n) is 4.97. The minimum atomic E-state index is -0.528. The molecule has 5 nitrogen and oxygen atoms in total. The number of nitrogens with one attached hydrogen (secondary N) is 1. The zero-order chi connectivity index (χ0) is 12.3. The molecule has 0 spiro atoms. The van der Waals surface area contributed by atoms with E-state index in [1.807, 2.05) is 5.38 Å². The Morgan fingerprint density at radius 1 is 1.47 bits per heavy atom. The van der Waals surface area contributed by atoms with Gasteiger partial charge in [0, 0.05) is 16.8 Å². The van der Waals surface area contributed by atoms with Crippen molar-refractivity contribution in [2.24, 2.45) is 5.73 Å². The summed E-state index contributed by atoms with van der Waals surface area (Å²) < 4.78 is 0. The second kappa shape index (κ2) is 4.84. The highest BCUT2D eigenvalue weighted by Crippen LogP contribution is 2.18. The van der Waals surface area contributed by atoms with Crippen LogP contribution in [0.3, 0.4) is 0 Å². The maximum atomic E-state index is 11.1. The van der Waals surface area contributed by atoms with Gasteiger partial charge < -0.3 is 16.8 Å². The molecule has 1 amide bonds. The summed E-state index contributed by atoms with van der Waals surface area (Å²) in [7, 11) is 0. The van der Waals surface area contributed by atoms with E-state index in [2.05, 4.69) is 10.3 Å². The number of aromatic nitrogens is 1. The van der Waals surface area contributed by atoms with Crippen molar-refractivity contribution in [3.8, 4) is 0 Å². The lowest BCUT2D eigenvalue weighted by Crippen LogP contribution is -2.14. The summed E-state index contributed by atoms with van der Waals surface area (Å²) in [6.07, 6.45) is 0. The number of rotatable bonds is 4. The fraction of sp³-hybridized carbons (Fsp3) is 0.0909. The van der Waals surface area contributed by atoms with E-state index in [9.17, 15) is 4.79 Å². The first kappa shape index (κ1) is 11.4. The minimum absolute atomic E-state index is 0.327. The van der Waals surface area contributed by atoms with Crippen LogP contribution in [-0.2, 0) is 6.54 Å². The molecule has 1 aromatic carbocycles. The number of hydrogen-bond donors (Lipinski definition) is 3. The summed E-state index contributed by atoms with van der Waals surface area (Å²) in [5.74, 6) is -0.528. The molecule has 0 atom stereocenters. The fourth-order valence-corrected chi connectivity index (χ4v) is 1.96. The number of nitrogens with two attached hydrogens (primary N) is 2. The molecule has 0 bridgehead atoms. The Hall–Kier alpha value is -2.08. The molecule has 0 saturated heterocycles. The summed E-state index contributed by atoms with van der Waals surface area (Å²) in [4.78, 5) is 15.3. The molecule has 0 aliphatic carbocycles. The molecule has 0 aliphatic rings. The maximum Gasteiger partial charge on any atom is 0.250 e. The number of nitrogen functional groups attached to an aromatic ring is 1. The van der Waals surface area contributed by atoms with Gasteiger partial charge in [0.25, 0.3) is 5.91 Å². The number of anilines is 2. The SMILES string of the molecule is NC(=O)c1cc(NCc2cscn2)ccc1N. The predicted molar refractivity (Wildman–Crippen MR) is 68.8 cm³/mol. The lowest BCUT2D eigenvalue weighted by Gasteiger charge is -2.07. The monoisotopic (exact) mass is 248 g/mol. The average Bonchev–Trinajstić information content (AvgIpc) is 2.80. The number of benzene rings is 1. The quantitative estimate of drug-likeness (QED) is 0.713. The average molecular weight is 248 g/mol. The van der Waals surface area contributed by atoms with Gasteiger partial charge in [0.2, 0.25) is 0 Å². The molecular weight excluding hydrogens is 236 g/mol. The number of carbonyl (C=O) groups is 1. The van der Waals surface area contributed by atoms with E-state index >= 15 is 0 Å². The Balaban J connectivity index is 2.11. The lowest BCUT2D eigenvalue weighted by molar-refractivity contribution is 0.100. The number of thiazole rings is 1. The van der Waals surface area contributed by atoms with Crippen LogP contribution in [0, 0.1) is 0 Å². The number of hydrogen-bond acceptors (Lipinski definition) is 5. The number of nitrogens with zero attached hydrogens (tertiary/aromatic N) is 1. The third-order valence-electron chi connectivity index (χ3n) is 2.28. The highest BCUT2D eigenvalue weighted by Gasteiger charge is 2.06. The van der Waals surface area contributed by atoms with Crippen LogP contribution in [0.5, 0.6) is 0 Å². The third-order valence-corrected chi connectivity index (χ3v) is 2.91. The molecule has 5 N–H and O–H groups in total. The van der Waals surface area contributed by atoms with E-state index in [1.165, 1.54) is 11.3 Å². The topological polar surface area (TPSA) is 94.0 Å². The van der Waals surface area contributed by atoms with Crippen molar-refractivity contribution in [1.29, 1.82) is 0 Å². The molecule has 1 heterocycles. The Morgan fingerprint density at radius 2 is 2.29 bits per heavy atom. The van der Waals surface area contributed by atoms with Gasteiger partial charge >= 0.3 is 0 Å². The van der Waals surface area contributed by atoms with Crippen molar-refractivity contribution in [3.05, 3.63) is 40.3 Å². The second-order valence-corrected chi connectivity index (χ2v) is 4.22. The molecular formula is C11H12N4OS. The summed E-state index contributed by atoms with van der Waals surface area (Å²) in [5.41, 5.74) is 15.1. The first-order chi connectivity index (χ1) is 8.16. The number of amides is 1. The highest BCUT2D eigenvalue weighted by molar-refractivity contribution is 7.07. The summed E-state index contributed by atoms with van der Waals surface area (Å²) in [6.45, 7) is 0.603. The number of carbonyl (C=O) groups excluding carboxylic acids is 1. The largest absolute Gasteiger partial charge is 0.398 e. The fourth-order valence-electron chi connectivity index (χ4n) is 1.40. The molecule has 0 unspecified atom stereocenters. The summed E-state index contributed by atoms with van der Waals surface area (Å²) in [5, 5.41) is 5.11. The zero-order valence-corrected chi connectivity index (χ0v) is 9.83. The summed E-state index contributed by atoms with van der Waals surface area (Å²) in [6, 6.07) is 5.10. The minimum Gasteiger partial charge on any atom is -0.398 e. The lowest BCUT2D eigenvalue weighted by atomic mass is 10.1. The van der Waals surface area contributed by atoms with E-state index in [4.69, 9.17) is 11.5 Å². The smallest absolute Gasteiger partial charge is 0.250 e. The van der Waals surface area contributed by atoms with Crippen LogP contribution < -0.4 is 16.8 Å². The van der Waals surface area contributed by atoms with Crippen molar-refractivity contribution < 1.29 is 4.79 Å². The van der Waals surface area contributed by atoms with Gasteiger partial charge in [-0.1, -0.05) is 0 Å². The molecule has 88 valence electrons. The third kappa shape index (κ3) is 2.73. The number of primary amides is 1. The van der Waals surface area contributed by atoms with Gasteiger partial charge in [-0.25, -0.2) is 4.98 Å². The van der Waals surface area contributed by atoms with Gasteiger partial charge in [-0.05, 0) is 18.2 Å².